The van der Waals surface area contributed by atoms with Crippen LogP contribution in [0.25, 0.3) is 0 Å². The Morgan fingerprint density at radius 2 is 2.04 bits per heavy atom. The maximum absolute atomic E-state index is 12.4. The van der Waals surface area contributed by atoms with Crippen LogP contribution >= 0.6 is 0 Å². The molecule has 1 saturated heterocycles. The summed E-state index contributed by atoms with van der Waals surface area (Å²) in [6.07, 6.45) is -0.574. The predicted octanol–water partition coefficient (Wildman–Crippen LogP) is 0.709. The quantitative estimate of drug-likeness (QED) is 0.746. The van der Waals surface area contributed by atoms with Crippen LogP contribution in [0, 0.1) is 0 Å². The van der Waals surface area contributed by atoms with Crippen molar-refractivity contribution in [1.29, 1.82) is 0 Å². The van der Waals surface area contributed by atoms with Crippen LogP contribution in [0.4, 0.5) is 4.79 Å². The van der Waals surface area contributed by atoms with E-state index in [4.69, 9.17) is 13.7 Å². The van der Waals surface area contributed by atoms with E-state index in [-0.39, 0.29) is 19.6 Å². The second-order valence-electron chi connectivity index (χ2n) is 5.59. The lowest BCUT2D eigenvalue weighted by Crippen LogP contribution is -2.51. The average molecular weight is 359 g/mol. The zero-order chi connectivity index (χ0) is 17.8. The van der Waals surface area contributed by atoms with Crippen molar-refractivity contribution in [1.82, 2.24) is 4.90 Å². The lowest BCUT2D eigenvalue weighted by molar-refractivity contribution is -0.131. The number of likely N-dealkylation sites (tertiary alicyclic amines) is 1. The van der Waals surface area contributed by atoms with Crippen LogP contribution in [0.5, 0.6) is 0 Å². The van der Waals surface area contributed by atoms with E-state index in [1.807, 2.05) is 30.3 Å². The van der Waals surface area contributed by atoms with Crippen molar-refractivity contribution in [2.24, 2.45) is 0 Å². The van der Waals surface area contributed by atoms with E-state index in [0.29, 0.717) is 0 Å². The summed E-state index contributed by atoms with van der Waals surface area (Å²) in [5.41, 5.74) is -0.565. The van der Waals surface area contributed by atoms with Crippen molar-refractivity contribution < 1.29 is 32.0 Å². The molecule has 1 N–H and O–H groups in total. The molecule has 1 aliphatic heterocycles. The van der Waals surface area contributed by atoms with Crippen LogP contribution in [0.1, 0.15) is 12.0 Å². The van der Waals surface area contributed by atoms with Gasteiger partial charge >= 0.3 is 6.09 Å². The molecular formula is C15H21NO7S. The van der Waals surface area contributed by atoms with Crippen LogP contribution in [0.2, 0.25) is 0 Å². The number of benzene rings is 1. The first kappa shape index (κ1) is 18.7. The zero-order valence-electron chi connectivity index (χ0n) is 13.5. The molecule has 2 atom stereocenters. The van der Waals surface area contributed by atoms with Gasteiger partial charge in [0.1, 0.15) is 6.61 Å². The largest absolute Gasteiger partial charge is 0.444 e. The van der Waals surface area contributed by atoms with Gasteiger partial charge in [0.05, 0.1) is 25.5 Å². The molecule has 1 aliphatic rings. The fraction of sp³-hybridized carbons (Fsp3) is 0.533. The standard InChI is InChI=1S/C15H21NO7S/c1-21-15(11-17)8-13(23-24(2,19)20)9-16(15)14(18)22-10-12-6-4-3-5-7-12/h3-7,13,17H,8-11H2,1-2H3. The number of aliphatic hydroxyl groups excluding tert-OH is 1. The number of aliphatic hydroxyl groups is 1. The summed E-state index contributed by atoms with van der Waals surface area (Å²) >= 11 is 0. The number of hydrogen-bond acceptors (Lipinski definition) is 7. The number of carbonyl (C=O) groups excluding carboxylic acids is 1. The van der Waals surface area contributed by atoms with Crippen molar-refractivity contribution in [3.05, 3.63) is 35.9 Å². The molecule has 1 aromatic carbocycles. The highest BCUT2D eigenvalue weighted by molar-refractivity contribution is 7.86. The zero-order valence-corrected chi connectivity index (χ0v) is 14.4. The van der Waals surface area contributed by atoms with Gasteiger partial charge in [-0.05, 0) is 5.56 Å². The molecule has 0 radical (unpaired) electrons. The highest BCUT2D eigenvalue weighted by Gasteiger charge is 2.50. The Hall–Kier alpha value is -1.68. The van der Waals surface area contributed by atoms with E-state index < -0.39 is 34.6 Å². The predicted molar refractivity (Wildman–Crippen MR) is 84.5 cm³/mol. The van der Waals surface area contributed by atoms with E-state index in [0.717, 1.165) is 16.7 Å². The molecule has 0 aromatic heterocycles. The molecular weight excluding hydrogens is 338 g/mol. The number of nitrogens with zero attached hydrogens (tertiary/aromatic N) is 1. The summed E-state index contributed by atoms with van der Waals surface area (Å²) in [6, 6.07) is 9.11. The summed E-state index contributed by atoms with van der Waals surface area (Å²) in [6.45, 7) is -0.512. The summed E-state index contributed by atoms with van der Waals surface area (Å²) < 4.78 is 38.1. The third-order valence-electron chi connectivity index (χ3n) is 3.79. The first-order valence-electron chi connectivity index (χ1n) is 7.32. The molecule has 1 fully saturated rings. The molecule has 0 saturated carbocycles. The molecule has 8 nitrogen and oxygen atoms in total. The number of carbonyl (C=O) groups is 1. The number of ether oxygens (including phenoxy) is 2. The van der Waals surface area contributed by atoms with Crippen LogP contribution in [0.15, 0.2) is 30.3 Å². The highest BCUT2D eigenvalue weighted by atomic mass is 32.2. The van der Waals surface area contributed by atoms with Gasteiger partial charge in [0.2, 0.25) is 0 Å². The molecule has 1 amide bonds. The van der Waals surface area contributed by atoms with Crippen LogP contribution in [0.3, 0.4) is 0 Å². The van der Waals surface area contributed by atoms with Gasteiger partial charge in [0, 0.05) is 13.5 Å². The topological polar surface area (TPSA) is 102 Å². The molecule has 2 rings (SSSR count). The van der Waals surface area contributed by atoms with Gasteiger partial charge in [0.15, 0.2) is 5.72 Å². The molecule has 0 spiro atoms. The normalized spacial score (nSPS) is 24.1. The Bertz CT molecular complexity index is 658. The van der Waals surface area contributed by atoms with Crippen LogP contribution < -0.4 is 0 Å². The van der Waals surface area contributed by atoms with Gasteiger partial charge in [0.25, 0.3) is 10.1 Å². The molecule has 134 valence electrons. The van der Waals surface area contributed by atoms with Gasteiger partial charge in [-0.2, -0.15) is 8.42 Å². The van der Waals surface area contributed by atoms with Crippen molar-refractivity contribution in [2.45, 2.75) is 24.9 Å². The maximum Gasteiger partial charge on any atom is 0.412 e. The minimum atomic E-state index is -3.69. The van der Waals surface area contributed by atoms with Gasteiger partial charge in [-0.1, -0.05) is 30.3 Å². The maximum atomic E-state index is 12.4. The lowest BCUT2D eigenvalue weighted by atomic mass is 10.1. The summed E-state index contributed by atoms with van der Waals surface area (Å²) in [7, 11) is -2.36. The van der Waals surface area contributed by atoms with Gasteiger partial charge in [-0.15, -0.1) is 0 Å². The fourth-order valence-electron chi connectivity index (χ4n) is 2.66. The molecule has 9 heteroatoms. The van der Waals surface area contributed by atoms with E-state index in [9.17, 15) is 18.3 Å². The van der Waals surface area contributed by atoms with Gasteiger partial charge in [-0.25, -0.2) is 4.79 Å². The molecule has 2 unspecified atom stereocenters. The number of rotatable bonds is 6. The highest BCUT2D eigenvalue weighted by Crippen LogP contribution is 2.33. The first-order chi connectivity index (χ1) is 11.3. The first-order valence-corrected chi connectivity index (χ1v) is 9.14. The van der Waals surface area contributed by atoms with Crippen molar-refractivity contribution in [3.8, 4) is 0 Å². The molecule has 0 bridgehead atoms. The van der Waals surface area contributed by atoms with Gasteiger partial charge < -0.3 is 14.6 Å². The molecule has 0 aliphatic carbocycles. The number of methoxy groups -OCH3 is 1. The van der Waals surface area contributed by atoms with E-state index in [1.54, 1.807) is 0 Å². The summed E-state index contributed by atoms with van der Waals surface area (Å²) in [5.74, 6) is 0. The Labute approximate surface area is 141 Å². The Morgan fingerprint density at radius 1 is 1.38 bits per heavy atom. The van der Waals surface area contributed by atoms with Crippen LogP contribution in [-0.2, 0) is 30.4 Å². The van der Waals surface area contributed by atoms with Crippen molar-refractivity contribution in [2.75, 3.05) is 26.5 Å². The van der Waals surface area contributed by atoms with Crippen molar-refractivity contribution >= 4 is 16.2 Å². The van der Waals surface area contributed by atoms with E-state index in [2.05, 4.69) is 0 Å². The Balaban J connectivity index is 2.08. The van der Waals surface area contributed by atoms with Gasteiger partial charge in [-0.3, -0.25) is 9.08 Å². The van der Waals surface area contributed by atoms with E-state index in [1.165, 1.54) is 7.11 Å². The second-order valence-corrected chi connectivity index (χ2v) is 7.19. The fourth-order valence-corrected chi connectivity index (χ4v) is 3.28. The van der Waals surface area contributed by atoms with E-state index >= 15 is 0 Å². The lowest BCUT2D eigenvalue weighted by Gasteiger charge is -2.34. The third-order valence-corrected chi connectivity index (χ3v) is 4.41. The monoisotopic (exact) mass is 359 g/mol. The summed E-state index contributed by atoms with van der Waals surface area (Å²) in [4.78, 5) is 13.5. The number of hydrogen-bond donors (Lipinski definition) is 1. The number of amides is 1. The second kappa shape index (κ2) is 7.47. The SMILES string of the molecule is COC1(CO)CC(OS(C)(=O)=O)CN1C(=O)OCc1ccccc1. The Kier molecular flexibility index (Phi) is 5.81. The minimum Gasteiger partial charge on any atom is -0.444 e. The molecule has 24 heavy (non-hydrogen) atoms. The third kappa shape index (κ3) is 4.44. The van der Waals surface area contributed by atoms with Crippen LogP contribution in [-0.4, -0.2) is 62.9 Å². The smallest absolute Gasteiger partial charge is 0.412 e. The Morgan fingerprint density at radius 3 is 2.58 bits per heavy atom. The summed E-state index contributed by atoms with van der Waals surface area (Å²) in [5, 5.41) is 9.66. The molecule has 1 heterocycles. The minimum absolute atomic E-state index is 0.0213. The molecule has 1 aromatic rings. The van der Waals surface area contributed by atoms with Crippen molar-refractivity contribution in [3.63, 3.8) is 0 Å². The average Bonchev–Trinajstić information content (AvgIpc) is 2.90.